The van der Waals surface area contributed by atoms with E-state index in [1.165, 1.54) is 14.2 Å². The molecule has 1 saturated heterocycles. The first-order valence-corrected chi connectivity index (χ1v) is 15.3. The van der Waals surface area contributed by atoms with Crippen molar-refractivity contribution in [2.24, 2.45) is 11.3 Å². The highest BCUT2D eigenvalue weighted by Crippen LogP contribution is 2.51. The fraction of sp³-hybridized carbons (Fsp3) is 0.531. The average Bonchev–Trinajstić information content (AvgIpc) is 3.07. The van der Waals surface area contributed by atoms with Gasteiger partial charge in [-0.25, -0.2) is 0 Å². The lowest BCUT2D eigenvalue weighted by Gasteiger charge is -2.45. The van der Waals surface area contributed by atoms with Crippen molar-refractivity contribution in [3.05, 3.63) is 51.0 Å². The Morgan fingerprint density at radius 3 is 2.35 bits per heavy atom. The van der Waals surface area contributed by atoms with Gasteiger partial charge in [0.2, 0.25) is 5.91 Å². The summed E-state index contributed by atoms with van der Waals surface area (Å²) in [7, 11) is 3.02. The molecule has 0 unspecified atom stereocenters. The van der Waals surface area contributed by atoms with Crippen LogP contribution >= 0.6 is 23.2 Å². The first-order chi connectivity index (χ1) is 20.3. The van der Waals surface area contributed by atoms with Crippen LogP contribution in [0, 0.1) is 11.3 Å². The van der Waals surface area contributed by atoms with Gasteiger partial charge < -0.3 is 29.1 Å². The minimum Gasteiger partial charge on any atom is -0.493 e. The molecule has 2 aromatic rings. The molecule has 1 fully saturated rings. The van der Waals surface area contributed by atoms with E-state index < -0.39 is 24.1 Å². The summed E-state index contributed by atoms with van der Waals surface area (Å²) in [4.78, 5) is 43.1. The number of piperidine rings is 1. The number of anilines is 1. The number of methoxy groups -OCH3 is 2. The van der Waals surface area contributed by atoms with Gasteiger partial charge in [-0.05, 0) is 54.9 Å². The molecule has 0 bridgehead atoms. The number of aryl methyl sites for hydroxylation is 1. The predicted molar refractivity (Wildman–Crippen MR) is 163 cm³/mol. The van der Waals surface area contributed by atoms with E-state index in [0.29, 0.717) is 53.6 Å². The summed E-state index contributed by atoms with van der Waals surface area (Å²) < 4.78 is 17.7. The number of carbonyl (C=O) groups excluding carboxylic acids is 2. The molecule has 2 aromatic carbocycles. The number of aliphatic carboxylic acids is 1. The molecule has 0 spiro atoms. The Morgan fingerprint density at radius 1 is 1.05 bits per heavy atom. The molecule has 1 N–H and O–H groups in total. The van der Waals surface area contributed by atoms with Crippen molar-refractivity contribution >= 4 is 46.7 Å². The van der Waals surface area contributed by atoms with Gasteiger partial charge in [-0.1, -0.05) is 50.0 Å². The second kappa shape index (κ2) is 12.2. The van der Waals surface area contributed by atoms with Crippen LogP contribution in [0.3, 0.4) is 0 Å². The minimum atomic E-state index is -1.12. The number of hydrogen-bond donors (Lipinski definition) is 1. The lowest BCUT2D eigenvalue weighted by atomic mass is 9.78. The minimum absolute atomic E-state index is 0.153. The standard InChI is InChI=1S/C32H38Cl2N2O7/c1-32(2,3)24-9-6-18-14-19(33)15-21-27(18)36(24)30(38)23(16-25(37)35-12-10-17(11-13-35)31(39)40)43-28(21)20-7-8-22(41-4)29(42-5)26(20)34/h7-8,14-15,17,23-24,28H,6,9-13,16H2,1-5H3,(H,39,40)/t23-,24+,28-/m1/s1. The second-order valence-corrected chi connectivity index (χ2v) is 13.4. The fourth-order valence-corrected chi connectivity index (χ4v) is 7.20. The molecule has 0 saturated carbocycles. The number of carbonyl (C=O) groups is 3. The third kappa shape index (κ3) is 5.91. The van der Waals surface area contributed by atoms with Crippen LogP contribution < -0.4 is 14.4 Å². The number of likely N-dealkylation sites (tertiary alicyclic amines) is 1. The van der Waals surface area contributed by atoms with E-state index >= 15 is 0 Å². The highest BCUT2D eigenvalue weighted by molar-refractivity contribution is 6.33. The molecular weight excluding hydrogens is 595 g/mol. The van der Waals surface area contributed by atoms with Gasteiger partial charge in [-0.15, -0.1) is 0 Å². The Balaban J connectivity index is 1.62. The van der Waals surface area contributed by atoms with Crippen LogP contribution in [0.5, 0.6) is 11.5 Å². The maximum atomic E-state index is 14.6. The zero-order valence-electron chi connectivity index (χ0n) is 25.1. The van der Waals surface area contributed by atoms with E-state index in [1.807, 2.05) is 17.0 Å². The fourth-order valence-electron chi connectivity index (χ4n) is 6.62. The lowest BCUT2D eigenvalue weighted by molar-refractivity contribution is -0.148. The summed E-state index contributed by atoms with van der Waals surface area (Å²) >= 11 is 13.6. The van der Waals surface area contributed by atoms with Crippen LogP contribution in [0.4, 0.5) is 5.69 Å². The van der Waals surface area contributed by atoms with Crippen molar-refractivity contribution in [2.45, 2.75) is 71.1 Å². The second-order valence-electron chi connectivity index (χ2n) is 12.5. The number of amides is 2. The number of rotatable bonds is 6. The maximum Gasteiger partial charge on any atom is 0.306 e. The molecule has 0 radical (unpaired) electrons. The van der Waals surface area contributed by atoms with Crippen molar-refractivity contribution in [3.63, 3.8) is 0 Å². The normalized spacial score (nSPS) is 22.6. The molecular formula is C32H38Cl2N2O7. The SMILES string of the molecule is COc1ccc([C@H]2O[C@H](CC(=O)N3CCC(C(=O)O)CC3)C(=O)N3c4c(cc(Cl)cc42)CC[C@H]3C(C)(C)C)c(Cl)c1OC. The third-order valence-electron chi connectivity index (χ3n) is 8.87. The summed E-state index contributed by atoms with van der Waals surface area (Å²) in [6.45, 7) is 6.94. The highest BCUT2D eigenvalue weighted by atomic mass is 35.5. The smallest absolute Gasteiger partial charge is 0.306 e. The van der Waals surface area contributed by atoms with Gasteiger partial charge in [0.1, 0.15) is 12.2 Å². The zero-order valence-corrected chi connectivity index (χ0v) is 26.6. The molecule has 232 valence electrons. The predicted octanol–water partition coefficient (Wildman–Crippen LogP) is 5.91. The van der Waals surface area contributed by atoms with Gasteiger partial charge in [-0.3, -0.25) is 14.4 Å². The number of carboxylic acids is 1. The number of ether oxygens (including phenoxy) is 3. The monoisotopic (exact) mass is 632 g/mol. The molecule has 0 aromatic heterocycles. The summed E-state index contributed by atoms with van der Waals surface area (Å²) in [6, 6.07) is 7.06. The molecule has 0 aliphatic carbocycles. The molecule has 3 heterocycles. The number of carboxylic acid groups (broad SMARTS) is 1. The van der Waals surface area contributed by atoms with Crippen molar-refractivity contribution < 1.29 is 33.7 Å². The van der Waals surface area contributed by atoms with Crippen LogP contribution in [0.1, 0.15) is 69.2 Å². The Morgan fingerprint density at radius 2 is 1.74 bits per heavy atom. The summed E-state index contributed by atoms with van der Waals surface area (Å²) in [5.74, 6) is -1.11. The molecule has 5 rings (SSSR count). The van der Waals surface area contributed by atoms with Gasteiger partial charge in [-0.2, -0.15) is 0 Å². The highest BCUT2D eigenvalue weighted by Gasteiger charge is 2.47. The third-order valence-corrected chi connectivity index (χ3v) is 9.48. The summed E-state index contributed by atoms with van der Waals surface area (Å²) in [5, 5.41) is 10.2. The maximum absolute atomic E-state index is 14.6. The Kier molecular flexibility index (Phi) is 8.89. The van der Waals surface area contributed by atoms with Crippen molar-refractivity contribution in [3.8, 4) is 11.5 Å². The molecule has 3 atom stereocenters. The first kappa shape index (κ1) is 31.4. The van der Waals surface area contributed by atoms with Crippen LogP contribution in [-0.4, -0.2) is 67.2 Å². The van der Waals surface area contributed by atoms with E-state index in [1.54, 1.807) is 17.0 Å². The van der Waals surface area contributed by atoms with Crippen molar-refractivity contribution in [1.29, 1.82) is 0 Å². The topological polar surface area (TPSA) is 106 Å². The zero-order chi connectivity index (χ0) is 31.2. The van der Waals surface area contributed by atoms with Crippen molar-refractivity contribution in [1.82, 2.24) is 4.90 Å². The van der Waals surface area contributed by atoms with E-state index in [2.05, 4.69) is 20.8 Å². The van der Waals surface area contributed by atoms with E-state index in [4.69, 9.17) is 37.4 Å². The van der Waals surface area contributed by atoms with E-state index in [0.717, 1.165) is 24.1 Å². The number of nitrogens with zero attached hydrogens (tertiary/aromatic N) is 2. The molecule has 43 heavy (non-hydrogen) atoms. The number of halogens is 2. The van der Waals surface area contributed by atoms with E-state index in [9.17, 15) is 19.5 Å². The average molecular weight is 634 g/mol. The van der Waals surface area contributed by atoms with Gasteiger partial charge in [0, 0.05) is 35.3 Å². The Labute approximate surface area is 262 Å². The van der Waals surface area contributed by atoms with Gasteiger partial charge in [0.25, 0.3) is 5.91 Å². The van der Waals surface area contributed by atoms with E-state index in [-0.39, 0.29) is 34.7 Å². The Hall–Kier alpha value is -3.01. The lowest BCUT2D eigenvalue weighted by Crippen LogP contribution is -2.54. The summed E-state index contributed by atoms with van der Waals surface area (Å²) in [6.07, 6.45) is 0.0358. The van der Waals surface area contributed by atoms with Gasteiger partial charge in [0.05, 0.1) is 37.3 Å². The molecule has 11 heteroatoms. The van der Waals surface area contributed by atoms with Crippen LogP contribution in [-0.2, 0) is 25.5 Å². The largest absolute Gasteiger partial charge is 0.493 e. The number of hydrogen-bond acceptors (Lipinski definition) is 6. The molecule has 2 amide bonds. The van der Waals surface area contributed by atoms with Gasteiger partial charge >= 0.3 is 5.97 Å². The van der Waals surface area contributed by atoms with Gasteiger partial charge in [0.15, 0.2) is 11.5 Å². The summed E-state index contributed by atoms with van der Waals surface area (Å²) in [5.41, 5.74) is 2.66. The van der Waals surface area contributed by atoms with Crippen LogP contribution in [0.25, 0.3) is 0 Å². The van der Waals surface area contributed by atoms with Crippen molar-refractivity contribution in [2.75, 3.05) is 32.2 Å². The number of benzene rings is 2. The quantitative estimate of drug-likeness (QED) is 0.422. The Bertz CT molecular complexity index is 1430. The molecule has 9 nitrogen and oxygen atoms in total. The molecule has 3 aliphatic rings. The van der Waals surface area contributed by atoms with Crippen LogP contribution in [0.15, 0.2) is 24.3 Å². The first-order valence-electron chi connectivity index (χ1n) is 14.6. The molecule has 3 aliphatic heterocycles. The van der Waals surface area contributed by atoms with Crippen LogP contribution in [0.2, 0.25) is 10.0 Å².